The maximum atomic E-state index is 12.2. The first-order valence-electron chi connectivity index (χ1n) is 8.85. The summed E-state index contributed by atoms with van der Waals surface area (Å²) < 4.78 is 5.31. The van der Waals surface area contributed by atoms with Crippen molar-refractivity contribution < 1.29 is 14.3 Å². The van der Waals surface area contributed by atoms with Gasteiger partial charge in [-0.05, 0) is 43.5 Å². The van der Waals surface area contributed by atoms with Crippen LogP contribution in [-0.2, 0) is 16.0 Å². The normalized spacial score (nSPS) is 18.1. The third-order valence-corrected chi connectivity index (χ3v) is 4.67. The molecule has 0 bridgehead atoms. The third-order valence-electron chi connectivity index (χ3n) is 4.67. The molecule has 0 aromatic heterocycles. The van der Waals surface area contributed by atoms with Crippen LogP contribution in [-0.4, -0.2) is 25.5 Å². The smallest absolute Gasteiger partial charge is 0.228 e. The van der Waals surface area contributed by atoms with E-state index in [-0.39, 0.29) is 23.7 Å². The van der Waals surface area contributed by atoms with Gasteiger partial charge in [0, 0.05) is 12.2 Å². The number of amides is 2. The number of rotatable bonds is 7. The molecule has 0 radical (unpaired) electrons. The first-order valence-corrected chi connectivity index (χ1v) is 8.85. The molecule has 3 rings (SSSR count). The molecule has 2 unspecified atom stereocenters. The maximum absolute atomic E-state index is 12.2. The summed E-state index contributed by atoms with van der Waals surface area (Å²) in [6.07, 6.45) is 1.31. The molecule has 136 valence electrons. The Morgan fingerprint density at radius 2 is 1.73 bits per heavy atom. The van der Waals surface area contributed by atoms with Gasteiger partial charge in [-0.3, -0.25) is 9.59 Å². The van der Waals surface area contributed by atoms with Crippen LogP contribution >= 0.6 is 0 Å². The van der Waals surface area contributed by atoms with Crippen LogP contribution < -0.4 is 15.4 Å². The number of anilines is 1. The molecule has 2 N–H and O–H groups in total. The lowest BCUT2D eigenvalue weighted by Crippen LogP contribution is -2.29. The Morgan fingerprint density at radius 1 is 1.04 bits per heavy atom. The van der Waals surface area contributed by atoms with E-state index in [0.29, 0.717) is 19.4 Å². The molecular formula is C21H24N2O3. The molecule has 2 aromatic carbocycles. The lowest BCUT2D eigenvalue weighted by atomic mass is 10.1. The van der Waals surface area contributed by atoms with Crippen molar-refractivity contribution in [1.82, 2.24) is 5.32 Å². The van der Waals surface area contributed by atoms with Gasteiger partial charge in [-0.15, -0.1) is 0 Å². The van der Waals surface area contributed by atoms with Crippen LogP contribution in [0.3, 0.4) is 0 Å². The minimum absolute atomic E-state index is 0.0519. The molecule has 1 aliphatic rings. The van der Waals surface area contributed by atoms with Gasteiger partial charge in [0.1, 0.15) is 5.75 Å². The number of hydrogen-bond acceptors (Lipinski definition) is 3. The predicted octanol–water partition coefficient (Wildman–Crippen LogP) is 2.94. The van der Waals surface area contributed by atoms with Crippen molar-refractivity contribution in [1.29, 1.82) is 0 Å². The van der Waals surface area contributed by atoms with Crippen LogP contribution in [0.4, 0.5) is 5.69 Å². The molecule has 1 saturated carbocycles. The fraction of sp³-hybridized carbons (Fsp3) is 0.333. The number of para-hydroxylation sites is 1. The zero-order valence-corrected chi connectivity index (χ0v) is 15.1. The highest BCUT2D eigenvalue weighted by molar-refractivity contribution is 5.99. The van der Waals surface area contributed by atoms with Crippen molar-refractivity contribution in [3.63, 3.8) is 0 Å². The number of aryl methyl sites for hydroxylation is 1. The maximum Gasteiger partial charge on any atom is 0.228 e. The standard InChI is InChI=1S/C21H24N2O3/c1-14-7-9-16(10-8-14)23-21(25)18-13-17(18)20(24)22-12-11-15-5-3-4-6-19(15)26-2/h3-10,17-18H,11-13H2,1-2H3,(H,22,24)(H,23,25). The second kappa shape index (κ2) is 8.04. The molecule has 0 heterocycles. The van der Waals surface area contributed by atoms with Gasteiger partial charge in [-0.2, -0.15) is 0 Å². The first-order chi connectivity index (χ1) is 12.6. The van der Waals surface area contributed by atoms with E-state index in [1.54, 1.807) is 7.11 Å². The number of hydrogen-bond donors (Lipinski definition) is 2. The van der Waals surface area contributed by atoms with Gasteiger partial charge in [-0.1, -0.05) is 35.9 Å². The quantitative estimate of drug-likeness (QED) is 0.805. The second-order valence-corrected chi connectivity index (χ2v) is 6.66. The zero-order chi connectivity index (χ0) is 18.5. The van der Waals surface area contributed by atoms with Crippen LogP contribution in [0.25, 0.3) is 0 Å². The molecule has 0 aliphatic heterocycles. The fourth-order valence-electron chi connectivity index (χ4n) is 3.01. The number of ether oxygens (including phenoxy) is 1. The Balaban J connectivity index is 1.43. The number of nitrogens with one attached hydrogen (secondary N) is 2. The van der Waals surface area contributed by atoms with Crippen molar-refractivity contribution in [3.8, 4) is 5.75 Å². The molecule has 2 atom stereocenters. The Kier molecular flexibility index (Phi) is 5.56. The molecule has 2 amide bonds. The topological polar surface area (TPSA) is 67.4 Å². The molecule has 26 heavy (non-hydrogen) atoms. The molecular weight excluding hydrogens is 328 g/mol. The van der Waals surface area contributed by atoms with Crippen LogP contribution in [0.15, 0.2) is 48.5 Å². The van der Waals surface area contributed by atoms with Crippen LogP contribution in [0.5, 0.6) is 5.75 Å². The Morgan fingerprint density at radius 3 is 2.46 bits per heavy atom. The van der Waals surface area contributed by atoms with Crippen LogP contribution in [0, 0.1) is 18.8 Å². The summed E-state index contributed by atoms with van der Waals surface area (Å²) >= 11 is 0. The summed E-state index contributed by atoms with van der Waals surface area (Å²) in [5.74, 6) is 0.229. The lowest BCUT2D eigenvalue weighted by Gasteiger charge is -2.09. The molecule has 1 aliphatic carbocycles. The van der Waals surface area contributed by atoms with Gasteiger partial charge in [0.25, 0.3) is 0 Å². The minimum atomic E-state index is -0.234. The number of benzene rings is 2. The summed E-state index contributed by atoms with van der Waals surface area (Å²) in [5.41, 5.74) is 2.96. The lowest BCUT2D eigenvalue weighted by molar-refractivity contribution is -0.125. The minimum Gasteiger partial charge on any atom is -0.496 e. The molecule has 0 saturated heterocycles. The summed E-state index contributed by atoms with van der Waals surface area (Å²) in [6.45, 7) is 2.53. The highest BCUT2D eigenvalue weighted by Crippen LogP contribution is 2.39. The average Bonchev–Trinajstić information content (AvgIpc) is 3.45. The van der Waals surface area contributed by atoms with Crippen molar-refractivity contribution in [2.75, 3.05) is 19.0 Å². The van der Waals surface area contributed by atoms with Crippen LogP contribution in [0.1, 0.15) is 17.5 Å². The number of methoxy groups -OCH3 is 1. The highest BCUT2D eigenvalue weighted by Gasteiger charge is 2.47. The summed E-state index contributed by atoms with van der Waals surface area (Å²) in [7, 11) is 1.64. The Hall–Kier alpha value is -2.82. The summed E-state index contributed by atoms with van der Waals surface area (Å²) in [4.78, 5) is 24.5. The van der Waals surface area contributed by atoms with E-state index in [4.69, 9.17) is 4.74 Å². The van der Waals surface area contributed by atoms with Crippen molar-refractivity contribution in [3.05, 3.63) is 59.7 Å². The van der Waals surface area contributed by atoms with E-state index in [1.807, 2.05) is 55.5 Å². The van der Waals surface area contributed by atoms with Gasteiger partial charge < -0.3 is 15.4 Å². The molecule has 5 heteroatoms. The zero-order valence-electron chi connectivity index (χ0n) is 15.1. The third kappa shape index (κ3) is 4.42. The Labute approximate surface area is 153 Å². The van der Waals surface area contributed by atoms with Crippen LogP contribution in [0.2, 0.25) is 0 Å². The summed E-state index contributed by atoms with van der Waals surface area (Å²) in [6, 6.07) is 15.4. The van der Waals surface area contributed by atoms with E-state index in [1.165, 1.54) is 0 Å². The molecule has 2 aromatic rings. The largest absolute Gasteiger partial charge is 0.496 e. The monoisotopic (exact) mass is 352 g/mol. The average molecular weight is 352 g/mol. The highest BCUT2D eigenvalue weighted by atomic mass is 16.5. The van der Waals surface area contributed by atoms with Gasteiger partial charge in [0.05, 0.1) is 18.9 Å². The fourth-order valence-corrected chi connectivity index (χ4v) is 3.01. The van der Waals surface area contributed by atoms with E-state index in [2.05, 4.69) is 10.6 Å². The van der Waals surface area contributed by atoms with E-state index in [0.717, 1.165) is 22.6 Å². The Bertz CT molecular complexity index is 786. The van der Waals surface area contributed by atoms with Gasteiger partial charge >= 0.3 is 0 Å². The number of carbonyl (C=O) groups excluding carboxylic acids is 2. The van der Waals surface area contributed by atoms with Gasteiger partial charge in [0.15, 0.2) is 0 Å². The first kappa shape index (κ1) is 18.0. The SMILES string of the molecule is COc1ccccc1CCNC(=O)C1CC1C(=O)Nc1ccc(C)cc1. The van der Waals surface area contributed by atoms with E-state index < -0.39 is 0 Å². The second-order valence-electron chi connectivity index (χ2n) is 6.66. The summed E-state index contributed by atoms with van der Waals surface area (Å²) in [5, 5.41) is 5.80. The van der Waals surface area contributed by atoms with Gasteiger partial charge in [0.2, 0.25) is 11.8 Å². The molecule has 5 nitrogen and oxygen atoms in total. The van der Waals surface area contributed by atoms with Crippen molar-refractivity contribution >= 4 is 17.5 Å². The van der Waals surface area contributed by atoms with Crippen molar-refractivity contribution in [2.24, 2.45) is 11.8 Å². The molecule has 1 fully saturated rings. The van der Waals surface area contributed by atoms with Gasteiger partial charge in [-0.25, -0.2) is 0 Å². The van der Waals surface area contributed by atoms with E-state index in [9.17, 15) is 9.59 Å². The predicted molar refractivity (Wildman–Crippen MR) is 101 cm³/mol. The number of carbonyl (C=O) groups is 2. The molecule has 0 spiro atoms. The van der Waals surface area contributed by atoms with E-state index >= 15 is 0 Å². The van der Waals surface area contributed by atoms with Crippen molar-refractivity contribution in [2.45, 2.75) is 19.8 Å².